The van der Waals surface area contributed by atoms with E-state index in [0.717, 1.165) is 5.56 Å². The molecule has 0 aromatic heterocycles. The maximum absolute atomic E-state index is 11.0. The molecule has 1 N–H and O–H groups in total. The highest BCUT2D eigenvalue weighted by Crippen LogP contribution is 2.18. The van der Waals surface area contributed by atoms with Crippen LogP contribution >= 0.6 is 0 Å². The van der Waals surface area contributed by atoms with Crippen LogP contribution in [0.5, 0.6) is 5.75 Å². The molecule has 1 rings (SSSR count). The zero-order chi connectivity index (χ0) is 11.3. The van der Waals surface area contributed by atoms with Crippen molar-refractivity contribution in [3.8, 4) is 5.75 Å². The topological polar surface area (TPSA) is 47.6 Å². The Morgan fingerprint density at radius 2 is 2.13 bits per heavy atom. The number of hydroxylamine groups is 1. The Hall–Kier alpha value is -1.55. The number of amides is 1. The second-order valence-electron chi connectivity index (χ2n) is 3.29. The second-order valence-corrected chi connectivity index (χ2v) is 3.29. The minimum atomic E-state index is -0.308. The van der Waals surface area contributed by atoms with E-state index in [1.165, 1.54) is 12.7 Å². The van der Waals surface area contributed by atoms with Gasteiger partial charge in [0.2, 0.25) is 0 Å². The highest BCUT2D eigenvalue weighted by Gasteiger charge is 2.03. The van der Waals surface area contributed by atoms with E-state index in [2.05, 4.69) is 10.3 Å². The summed E-state index contributed by atoms with van der Waals surface area (Å²) in [6.45, 7) is 3.91. The summed E-state index contributed by atoms with van der Waals surface area (Å²) in [4.78, 5) is 15.5. The predicted molar refractivity (Wildman–Crippen MR) is 56.6 cm³/mol. The molecule has 0 spiro atoms. The molecule has 15 heavy (non-hydrogen) atoms. The molecule has 0 atom stereocenters. The number of hydrogen-bond donors (Lipinski definition) is 1. The number of aryl methyl sites for hydroxylation is 2. The van der Waals surface area contributed by atoms with E-state index in [4.69, 9.17) is 4.74 Å². The van der Waals surface area contributed by atoms with E-state index in [1.54, 1.807) is 0 Å². The van der Waals surface area contributed by atoms with Gasteiger partial charge >= 0.3 is 0 Å². The van der Waals surface area contributed by atoms with Crippen molar-refractivity contribution in [2.24, 2.45) is 0 Å². The minimum absolute atomic E-state index is 0.0439. The number of nitrogens with one attached hydrogen (secondary N) is 1. The first kappa shape index (κ1) is 11.5. The molecule has 0 aliphatic carbocycles. The number of rotatable bonds is 4. The lowest BCUT2D eigenvalue weighted by atomic mass is 10.1. The predicted octanol–water partition coefficient (Wildman–Crippen LogP) is 1.36. The molecule has 0 aliphatic heterocycles. The Labute approximate surface area is 89.1 Å². The Morgan fingerprint density at radius 3 is 2.73 bits per heavy atom. The molecule has 1 aromatic rings. The molecule has 0 fully saturated rings. The first-order valence-electron chi connectivity index (χ1n) is 4.65. The van der Waals surface area contributed by atoms with Gasteiger partial charge in [0.15, 0.2) is 6.61 Å². The largest absolute Gasteiger partial charge is 0.483 e. The summed E-state index contributed by atoms with van der Waals surface area (Å²) < 4.78 is 5.31. The fraction of sp³-hybridized carbons (Fsp3) is 0.364. The van der Waals surface area contributed by atoms with Crippen molar-refractivity contribution in [3.63, 3.8) is 0 Å². The minimum Gasteiger partial charge on any atom is -0.483 e. The van der Waals surface area contributed by atoms with Crippen LogP contribution in [-0.2, 0) is 9.63 Å². The van der Waals surface area contributed by atoms with E-state index < -0.39 is 0 Å². The molecule has 1 aromatic carbocycles. The van der Waals surface area contributed by atoms with Gasteiger partial charge in [0.05, 0.1) is 7.11 Å². The van der Waals surface area contributed by atoms with Gasteiger partial charge in [-0.25, -0.2) is 5.48 Å². The van der Waals surface area contributed by atoms with Crippen LogP contribution in [-0.4, -0.2) is 19.6 Å². The van der Waals surface area contributed by atoms with E-state index >= 15 is 0 Å². The van der Waals surface area contributed by atoms with Crippen molar-refractivity contribution >= 4 is 5.91 Å². The van der Waals surface area contributed by atoms with Gasteiger partial charge in [0.1, 0.15) is 5.75 Å². The first-order chi connectivity index (χ1) is 7.13. The Balaban J connectivity index is 2.54. The number of benzene rings is 1. The van der Waals surface area contributed by atoms with Gasteiger partial charge in [0, 0.05) is 0 Å². The zero-order valence-corrected chi connectivity index (χ0v) is 9.16. The van der Waals surface area contributed by atoms with Crippen LogP contribution in [0.15, 0.2) is 18.2 Å². The van der Waals surface area contributed by atoms with E-state index in [9.17, 15) is 4.79 Å². The maximum atomic E-state index is 11.0. The van der Waals surface area contributed by atoms with Gasteiger partial charge in [-0.3, -0.25) is 9.63 Å². The molecular weight excluding hydrogens is 194 g/mol. The SMILES string of the molecule is CONC(=O)COc1ccc(C)cc1C. The Morgan fingerprint density at radius 1 is 1.40 bits per heavy atom. The number of ether oxygens (including phenoxy) is 1. The summed E-state index contributed by atoms with van der Waals surface area (Å²) in [5.74, 6) is 0.407. The van der Waals surface area contributed by atoms with Gasteiger partial charge in [0.25, 0.3) is 5.91 Å². The van der Waals surface area contributed by atoms with Crippen LogP contribution in [0.3, 0.4) is 0 Å². The standard InChI is InChI=1S/C11H15NO3/c1-8-4-5-10(9(2)6-8)15-7-11(13)12-14-3/h4-6H,7H2,1-3H3,(H,12,13). The molecule has 1 amide bonds. The lowest BCUT2D eigenvalue weighted by molar-refractivity contribution is -0.133. The van der Waals surface area contributed by atoms with Crippen molar-refractivity contribution in [3.05, 3.63) is 29.3 Å². The highest BCUT2D eigenvalue weighted by molar-refractivity contribution is 5.76. The average Bonchev–Trinajstić information content (AvgIpc) is 2.17. The monoisotopic (exact) mass is 209 g/mol. The van der Waals surface area contributed by atoms with Crippen LogP contribution in [0, 0.1) is 13.8 Å². The molecule has 0 aliphatic rings. The van der Waals surface area contributed by atoms with Gasteiger partial charge in [-0.05, 0) is 25.5 Å². The van der Waals surface area contributed by atoms with Crippen molar-refractivity contribution < 1.29 is 14.4 Å². The smallest absolute Gasteiger partial charge is 0.281 e. The third kappa shape index (κ3) is 3.59. The Kier molecular flexibility index (Phi) is 4.12. The molecule has 4 heteroatoms. The summed E-state index contributed by atoms with van der Waals surface area (Å²) in [5, 5.41) is 0. The molecular formula is C11H15NO3. The first-order valence-corrected chi connectivity index (χ1v) is 4.65. The van der Waals surface area contributed by atoms with Crippen molar-refractivity contribution in [2.75, 3.05) is 13.7 Å². The van der Waals surface area contributed by atoms with Gasteiger partial charge in [-0.15, -0.1) is 0 Å². The van der Waals surface area contributed by atoms with Crippen LogP contribution in [0.25, 0.3) is 0 Å². The lowest BCUT2D eigenvalue weighted by Gasteiger charge is -2.08. The van der Waals surface area contributed by atoms with E-state index in [1.807, 2.05) is 32.0 Å². The number of hydrogen-bond acceptors (Lipinski definition) is 3. The molecule has 4 nitrogen and oxygen atoms in total. The fourth-order valence-corrected chi connectivity index (χ4v) is 1.25. The normalized spacial score (nSPS) is 9.80. The summed E-state index contributed by atoms with van der Waals surface area (Å²) in [5.41, 5.74) is 4.36. The lowest BCUT2D eigenvalue weighted by Crippen LogP contribution is -2.27. The van der Waals surface area contributed by atoms with Gasteiger partial charge in [-0.1, -0.05) is 17.7 Å². The number of carbonyl (C=O) groups is 1. The molecule has 0 radical (unpaired) electrons. The molecule has 0 unspecified atom stereocenters. The maximum Gasteiger partial charge on any atom is 0.281 e. The zero-order valence-electron chi connectivity index (χ0n) is 9.16. The van der Waals surface area contributed by atoms with Crippen molar-refractivity contribution in [2.45, 2.75) is 13.8 Å². The average molecular weight is 209 g/mol. The van der Waals surface area contributed by atoms with Crippen molar-refractivity contribution in [1.29, 1.82) is 0 Å². The quantitative estimate of drug-likeness (QED) is 0.762. The van der Waals surface area contributed by atoms with Crippen molar-refractivity contribution in [1.82, 2.24) is 5.48 Å². The summed E-state index contributed by atoms with van der Waals surface area (Å²) >= 11 is 0. The molecule has 0 bridgehead atoms. The van der Waals surface area contributed by atoms with E-state index in [0.29, 0.717) is 5.75 Å². The number of carbonyl (C=O) groups excluding carboxylic acids is 1. The molecule has 0 saturated heterocycles. The summed E-state index contributed by atoms with van der Waals surface area (Å²) in [7, 11) is 1.38. The van der Waals surface area contributed by atoms with Crippen LogP contribution < -0.4 is 10.2 Å². The summed E-state index contributed by atoms with van der Waals surface area (Å²) in [6.07, 6.45) is 0. The molecule has 0 heterocycles. The fourth-order valence-electron chi connectivity index (χ4n) is 1.25. The highest BCUT2D eigenvalue weighted by atomic mass is 16.6. The van der Waals surface area contributed by atoms with Gasteiger partial charge < -0.3 is 4.74 Å². The van der Waals surface area contributed by atoms with Crippen LogP contribution in [0.4, 0.5) is 0 Å². The third-order valence-electron chi connectivity index (χ3n) is 1.91. The second kappa shape index (κ2) is 5.36. The summed E-state index contributed by atoms with van der Waals surface area (Å²) in [6, 6.07) is 5.80. The van der Waals surface area contributed by atoms with E-state index in [-0.39, 0.29) is 12.5 Å². The third-order valence-corrected chi connectivity index (χ3v) is 1.91. The Bertz CT molecular complexity index is 350. The van der Waals surface area contributed by atoms with Crippen LogP contribution in [0.1, 0.15) is 11.1 Å². The molecule has 0 saturated carbocycles. The van der Waals surface area contributed by atoms with Crippen LogP contribution in [0.2, 0.25) is 0 Å². The molecule has 82 valence electrons. The van der Waals surface area contributed by atoms with Gasteiger partial charge in [-0.2, -0.15) is 0 Å².